The minimum atomic E-state index is 0.661. The van der Waals surface area contributed by atoms with Gasteiger partial charge in [-0.3, -0.25) is 0 Å². The van der Waals surface area contributed by atoms with Crippen molar-refractivity contribution < 1.29 is 0 Å². The van der Waals surface area contributed by atoms with Crippen molar-refractivity contribution in [3.8, 4) is 55.9 Å². The van der Waals surface area contributed by atoms with Crippen LogP contribution in [-0.2, 0) is 0 Å². The van der Waals surface area contributed by atoms with Crippen LogP contribution in [0.3, 0.4) is 0 Å². The van der Waals surface area contributed by atoms with Crippen LogP contribution in [0.4, 0.5) is 0 Å². The molecule has 7 aromatic carbocycles. The van der Waals surface area contributed by atoms with Crippen molar-refractivity contribution in [3.63, 3.8) is 0 Å². The van der Waals surface area contributed by atoms with Gasteiger partial charge in [-0.25, -0.2) is 19.9 Å². The average Bonchev–Trinajstić information content (AvgIpc) is 3.94. The van der Waals surface area contributed by atoms with Crippen molar-refractivity contribution in [1.82, 2.24) is 19.9 Å². The van der Waals surface area contributed by atoms with Crippen molar-refractivity contribution in [2.45, 2.75) is 0 Å². The molecule has 0 aliphatic rings. The molecular weight excluding hydrogens is 705 g/mol. The van der Waals surface area contributed by atoms with E-state index in [0.717, 1.165) is 38.2 Å². The van der Waals surface area contributed by atoms with E-state index in [1.807, 2.05) is 35.6 Å². The molecule has 0 saturated heterocycles. The summed E-state index contributed by atoms with van der Waals surface area (Å²) in [5.74, 6) is 2.01. The molecule has 11 aromatic rings. The molecule has 0 atom stereocenters. The zero-order valence-corrected chi connectivity index (χ0v) is 30.5. The molecule has 7 heteroatoms. The Balaban J connectivity index is 1.07. The van der Waals surface area contributed by atoms with Gasteiger partial charge in [0.05, 0.1) is 10.2 Å². The predicted octanol–water partition coefficient (Wildman–Crippen LogP) is 13.6. The van der Waals surface area contributed by atoms with E-state index in [4.69, 9.17) is 19.9 Å². The van der Waals surface area contributed by atoms with Gasteiger partial charge in [-0.1, -0.05) is 115 Å². The Bertz CT molecular complexity index is 3160. The molecule has 248 valence electrons. The Hall–Kier alpha value is -6.12. The summed E-state index contributed by atoms with van der Waals surface area (Å²) < 4.78 is 6.10. The largest absolute Gasteiger partial charge is 0.236 e. The molecule has 4 heterocycles. The van der Waals surface area contributed by atoms with Crippen molar-refractivity contribution >= 4 is 84.6 Å². The summed E-state index contributed by atoms with van der Waals surface area (Å²) in [7, 11) is 0. The van der Waals surface area contributed by atoms with Crippen molar-refractivity contribution in [1.29, 1.82) is 0 Å². The SMILES string of the molecule is c1ccc(-c2nc(-c3cccc4sc5ccccc5c34)nc(-c3cccc4sc5cc(-c6cccc(-c7nc8ccccc8s7)c6)ccc5c34)n2)cc1. The number of benzene rings is 7. The highest BCUT2D eigenvalue weighted by Gasteiger charge is 2.20. The van der Waals surface area contributed by atoms with Crippen LogP contribution < -0.4 is 0 Å². The standard InChI is InChI=1S/C46H26N4S3/c1-2-11-27(12-3-1)43-48-44(33-16-9-21-38-41(33)31-15-4-6-19-36(31)51-38)50-45(49-43)34-17-10-22-39-42(34)32-24-23-29(26-40(32)52-39)28-13-8-14-30(25-28)46-47-35-18-5-7-20-37(35)53-46/h1-26H. The van der Waals surface area contributed by atoms with Gasteiger partial charge in [0, 0.05) is 62.6 Å². The second kappa shape index (κ2) is 12.2. The molecule has 4 aromatic heterocycles. The van der Waals surface area contributed by atoms with Crippen molar-refractivity contribution in [2.24, 2.45) is 0 Å². The molecule has 0 aliphatic carbocycles. The highest BCUT2D eigenvalue weighted by atomic mass is 32.1. The summed E-state index contributed by atoms with van der Waals surface area (Å²) in [4.78, 5) is 20.5. The summed E-state index contributed by atoms with van der Waals surface area (Å²) in [6.45, 7) is 0. The molecular formula is C46H26N4S3. The lowest BCUT2D eigenvalue weighted by Crippen LogP contribution is -2.00. The van der Waals surface area contributed by atoms with Gasteiger partial charge in [-0.2, -0.15) is 0 Å². The fourth-order valence-electron chi connectivity index (χ4n) is 7.31. The lowest BCUT2D eigenvalue weighted by Gasteiger charge is -2.10. The summed E-state index contributed by atoms with van der Waals surface area (Å²) in [5, 5.41) is 5.80. The number of hydrogen-bond donors (Lipinski definition) is 0. The normalized spacial score (nSPS) is 11.8. The second-order valence-electron chi connectivity index (χ2n) is 13.0. The summed E-state index contributed by atoms with van der Waals surface area (Å²) in [6.07, 6.45) is 0. The van der Waals surface area contributed by atoms with Gasteiger partial charge in [0.1, 0.15) is 5.01 Å². The van der Waals surface area contributed by atoms with Crippen LogP contribution in [0, 0.1) is 0 Å². The Morgan fingerprint density at radius 1 is 0.321 bits per heavy atom. The quantitative estimate of drug-likeness (QED) is 0.177. The van der Waals surface area contributed by atoms with E-state index in [2.05, 4.69) is 133 Å². The third-order valence-electron chi connectivity index (χ3n) is 9.79. The lowest BCUT2D eigenvalue weighted by molar-refractivity contribution is 1.08. The van der Waals surface area contributed by atoms with E-state index in [1.54, 1.807) is 22.7 Å². The number of aromatic nitrogens is 4. The second-order valence-corrected chi connectivity index (χ2v) is 16.2. The van der Waals surface area contributed by atoms with Crippen LogP contribution in [-0.4, -0.2) is 19.9 Å². The highest BCUT2D eigenvalue weighted by molar-refractivity contribution is 7.26. The maximum Gasteiger partial charge on any atom is 0.164 e. The maximum absolute atomic E-state index is 5.27. The molecule has 0 fully saturated rings. The van der Waals surface area contributed by atoms with Crippen molar-refractivity contribution in [3.05, 3.63) is 158 Å². The third kappa shape index (κ3) is 5.16. The maximum atomic E-state index is 5.27. The Kier molecular flexibility index (Phi) is 7.05. The average molecular weight is 731 g/mol. The number of thiazole rings is 1. The Morgan fingerprint density at radius 2 is 0.887 bits per heavy atom. The summed E-state index contributed by atoms with van der Waals surface area (Å²) in [6, 6.07) is 55.6. The molecule has 4 nitrogen and oxygen atoms in total. The van der Waals surface area contributed by atoms with E-state index in [-0.39, 0.29) is 0 Å². The number of hydrogen-bond acceptors (Lipinski definition) is 7. The van der Waals surface area contributed by atoms with Crippen LogP contribution in [0.5, 0.6) is 0 Å². The molecule has 11 rings (SSSR count). The third-order valence-corrected chi connectivity index (χ3v) is 13.1. The molecule has 0 aliphatic heterocycles. The first-order chi connectivity index (χ1) is 26.2. The minimum absolute atomic E-state index is 0.661. The zero-order chi connectivity index (χ0) is 34.9. The Labute approximate surface area is 316 Å². The highest BCUT2D eigenvalue weighted by Crippen LogP contribution is 2.43. The van der Waals surface area contributed by atoms with Gasteiger partial charge >= 0.3 is 0 Å². The van der Waals surface area contributed by atoms with Crippen LogP contribution >= 0.6 is 34.0 Å². The smallest absolute Gasteiger partial charge is 0.164 e. The molecule has 0 N–H and O–H groups in total. The fourth-order valence-corrected chi connectivity index (χ4v) is 10.6. The molecule has 0 amide bonds. The lowest BCUT2D eigenvalue weighted by atomic mass is 10.00. The summed E-state index contributed by atoms with van der Waals surface area (Å²) >= 11 is 5.35. The molecule has 0 unspecified atom stereocenters. The first-order valence-corrected chi connectivity index (χ1v) is 19.8. The molecule has 0 bridgehead atoms. The monoisotopic (exact) mass is 730 g/mol. The topological polar surface area (TPSA) is 51.6 Å². The predicted molar refractivity (Wildman–Crippen MR) is 226 cm³/mol. The van der Waals surface area contributed by atoms with E-state index in [1.165, 1.54) is 50.8 Å². The van der Waals surface area contributed by atoms with Gasteiger partial charge in [0.15, 0.2) is 17.5 Å². The van der Waals surface area contributed by atoms with Crippen LogP contribution in [0.25, 0.3) is 106 Å². The van der Waals surface area contributed by atoms with Crippen molar-refractivity contribution in [2.75, 3.05) is 0 Å². The fraction of sp³-hybridized carbons (Fsp3) is 0. The number of fused-ring (bicyclic) bond motifs is 7. The number of thiophene rings is 2. The molecule has 0 spiro atoms. The summed E-state index contributed by atoms with van der Waals surface area (Å²) in [5.41, 5.74) is 7.50. The van der Waals surface area contributed by atoms with Gasteiger partial charge in [-0.15, -0.1) is 34.0 Å². The van der Waals surface area contributed by atoms with Gasteiger partial charge in [-0.05, 0) is 53.6 Å². The van der Waals surface area contributed by atoms with Gasteiger partial charge in [0.2, 0.25) is 0 Å². The zero-order valence-electron chi connectivity index (χ0n) is 28.0. The molecule has 53 heavy (non-hydrogen) atoms. The first kappa shape index (κ1) is 30.5. The Morgan fingerprint density at radius 3 is 1.66 bits per heavy atom. The van der Waals surface area contributed by atoms with Crippen LogP contribution in [0.15, 0.2) is 158 Å². The minimum Gasteiger partial charge on any atom is -0.236 e. The number of rotatable bonds is 5. The first-order valence-electron chi connectivity index (χ1n) is 17.4. The molecule has 0 radical (unpaired) electrons. The van der Waals surface area contributed by atoms with Gasteiger partial charge < -0.3 is 0 Å². The van der Waals surface area contributed by atoms with E-state index >= 15 is 0 Å². The van der Waals surface area contributed by atoms with Gasteiger partial charge in [0.25, 0.3) is 0 Å². The number of para-hydroxylation sites is 1. The van der Waals surface area contributed by atoms with E-state index in [0.29, 0.717) is 17.5 Å². The van der Waals surface area contributed by atoms with Crippen LogP contribution in [0.2, 0.25) is 0 Å². The molecule has 0 saturated carbocycles. The van der Waals surface area contributed by atoms with E-state index in [9.17, 15) is 0 Å². The number of nitrogens with zero attached hydrogens (tertiary/aromatic N) is 4. The van der Waals surface area contributed by atoms with E-state index < -0.39 is 0 Å². The van der Waals surface area contributed by atoms with Crippen LogP contribution in [0.1, 0.15) is 0 Å².